The number of fused-ring (bicyclic) bond motifs is 2. The SMILES string of the molecule is Cc1cc(CC2C=CC=C3C=CC=C32)cc2c1OC(COCC(=O)O)C2. The summed E-state index contributed by atoms with van der Waals surface area (Å²) in [5.74, 6) is 0.377. The maximum atomic E-state index is 10.6. The van der Waals surface area contributed by atoms with Crippen molar-refractivity contribution in [2.24, 2.45) is 5.92 Å². The van der Waals surface area contributed by atoms with Crippen molar-refractivity contribution >= 4 is 5.97 Å². The summed E-state index contributed by atoms with van der Waals surface area (Å²) in [5.41, 5.74) is 6.34. The van der Waals surface area contributed by atoms with Crippen LogP contribution in [-0.2, 0) is 22.4 Å². The fourth-order valence-corrected chi connectivity index (χ4v) is 3.96. The lowest BCUT2D eigenvalue weighted by atomic mass is 9.85. The van der Waals surface area contributed by atoms with Gasteiger partial charge in [-0.25, -0.2) is 4.79 Å². The molecular formula is C22H22O4. The Morgan fingerprint density at radius 2 is 2.19 bits per heavy atom. The van der Waals surface area contributed by atoms with Gasteiger partial charge in [-0.2, -0.15) is 0 Å². The van der Waals surface area contributed by atoms with Crippen molar-refractivity contribution < 1.29 is 19.4 Å². The van der Waals surface area contributed by atoms with Crippen LogP contribution < -0.4 is 4.74 Å². The van der Waals surface area contributed by atoms with Crippen molar-refractivity contribution in [1.82, 2.24) is 0 Å². The Bertz CT molecular complexity index is 857. The Kier molecular flexibility index (Phi) is 4.51. The van der Waals surface area contributed by atoms with E-state index in [1.807, 2.05) is 0 Å². The molecule has 0 amide bonds. The standard InChI is InChI=1S/C22H22O4/c1-14-8-15(9-17-6-2-4-16-5-3-7-20(16)17)10-18-11-19(26-22(14)18)12-25-13-21(23)24/h2-8,10,17,19H,9,11-13H2,1H3,(H,23,24). The quantitative estimate of drug-likeness (QED) is 0.852. The second kappa shape index (κ2) is 6.96. The number of carbonyl (C=O) groups is 1. The van der Waals surface area contributed by atoms with E-state index >= 15 is 0 Å². The first-order valence-corrected chi connectivity index (χ1v) is 8.96. The van der Waals surface area contributed by atoms with Crippen LogP contribution in [0, 0.1) is 12.8 Å². The van der Waals surface area contributed by atoms with E-state index in [0.29, 0.717) is 12.5 Å². The minimum Gasteiger partial charge on any atom is -0.487 e. The summed E-state index contributed by atoms with van der Waals surface area (Å²) in [4.78, 5) is 10.6. The summed E-state index contributed by atoms with van der Waals surface area (Å²) in [5, 5.41) is 8.68. The molecule has 1 heterocycles. The minimum atomic E-state index is -0.955. The molecule has 3 aliphatic rings. The zero-order valence-corrected chi connectivity index (χ0v) is 14.8. The molecule has 0 aromatic heterocycles. The molecule has 0 fully saturated rings. The summed E-state index contributed by atoms with van der Waals surface area (Å²) < 4.78 is 11.2. The monoisotopic (exact) mass is 350 g/mol. The number of aliphatic carboxylic acids is 1. The maximum absolute atomic E-state index is 10.6. The van der Waals surface area contributed by atoms with E-state index in [1.54, 1.807) is 0 Å². The van der Waals surface area contributed by atoms with Gasteiger partial charge < -0.3 is 14.6 Å². The molecule has 26 heavy (non-hydrogen) atoms. The summed E-state index contributed by atoms with van der Waals surface area (Å²) in [6.45, 7) is 2.09. The number of ether oxygens (including phenoxy) is 2. The second-order valence-corrected chi connectivity index (χ2v) is 7.05. The van der Waals surface area contributed by atoms with E-state index in [1.165, 1.54) is 22.3 Å². The maximum Gasteiger partial charge on any atom is 0.329 e. The van der Waals surface area contributed by atoms with Gasteiger partial charge >= 0.3 is 5.97 Å². The molecule has 2 unspecified atom stereocenters. The van der Waals surface area contributed by atoms with E-state index in [2.05, 4.69) is 55.5 Å². The minimum absolute atomic E-state index is 0.107. The van der Waals surface area contributed by atoms with Gasteiger partial charge in [0.1, 0.15) is 18.5 Å². The van der Waals surface area contributed by atoms with Crippen molar-refractivity contribution in [3.63, 3.8) is 0 Å². The van der Waals surface area contributed by atoms with E-state index in [4.69, 9.17) is 14.6 Å². The number of aryl methyl sites for hydroxylation is 1. The molecule has 2 aliphatic carbocycles. The highest BCUT2D eigenvalue weighted by atomic mass is 16.5. The third-order valence-electron chi connectivity index (χ3n) is 5.03. The lowest BCUT2D eigenvalue weighted by Gasteiger charge is -2.20. The molecule has 1 N–H and O–H groups in total. The number of carboxylic acids is 1. The molecule has 1 aliphatic heterocycles. The zero-order chi connectivity index (χ0) is 18.1. The largest absolute Gasteiger partial charge is 0.487 e. The smallest absolute Gasteiger partial charge is 0.329 e. The number of benzene rings is 1. The van der Waals surface area contributed by atoms with Gasteiger partial charge in [-0.3, -0.25) is 0 Å². The van der Waals surface area contributed by atoms with Crippen molar-refractivity contribution in [2.75, 3.05) is 13.2 Å². The highest BCUT2D eigenvalue weighted by Crippen LogP contribution is 2.37. The molecule has 0 radical (unpaired) electrons. The Balaban J connectivity index is 1.45. The first kappa shape index (κ1) is 16.9. The van der Waals surface area contributed by atoms with Gasteiger partial charge in [0, 0.05) is 12.3 Å². The topological polar surface area (TPSA) is 55.8 Å². The molecule has 1 aromatic rings. The van der Waals surface area contributed by atoms with Crippen LogP contribution in [0.1, 0.15) is 16.7 Å². The van der Waals surface area contributed by atoms with E-state index < -0.39 is 5.97 Å². The highest BCUT2D eigenvalue weighted by molar-refractivity contribution is 5.68. The molecule has 0 saturated heterocycles. The number of hydrogen-bond acceptors (Lipinski definition) is 3. The predicted octanol–water partition coefficient (Wildman–Crippen LogP) is 3.55. The van der Waals surface area contributed by atoms with Crippen LogP contribution in [0.25, 0.3) is 0 Å². The number of rotatable bonds is 6. The summed E-state index contributed by atoms with van der Waals surface area (Å²) in [7, 11) is 0. The Labute approximate surface area is 153 Å². The predicted molar refractivity (Wildman–Crippen MR) is 99.4 cm³/mol. The van der Waals surface area contributed by atoms with Crippen molar-refractivity contribution in [3.8, 4) is 5.75 Å². The molecule has 1 aromatic carbocycles. The molecule has 4 rings (SSSR count). The van der Waals surface area contributed by atoms with Gasteiger partial charge in [0.2, 0.25) is 0 Å². The summed E-state index contributed by atoms with van der Waals surface area (Å²) in [6, 6.07) is 4.43. The molecule has 0 saturated carbocycles. The number of allylic oxidation sites excluding steroid dienone is 8. The van der Waals surface area contributed by atoms with Crippen LogP contribution in [-0.4, -0.2) is 30.4 Å². The Morgan fingerprint density at radius 3 is 3.04 bits per heavy atom. The van der Waals surface area contributed by atoms with Crippen molar-refractivity contribution in [2.45, 2.75) is 25.9 Å². The average Bonchev–Trinajstić information content (AvgIpc) is 3.22. The van der Waals surface area contributed by atoms with Crippen molar-refractivity contribution in [3.05, 3.63) is 76.4 Å². The van der Waals surface area contributed by atoms with Gasteiger partial charge in [-0.1, -0.05) is 48.6 Å². The van der Waals surface area contributed by atoms with E-state index in [9.17, 15) is 4.79 Å². The van der Waals surface area contributed by atoms with Crippen LogP contribution >= 0.6 is 0 Å². The molecule has 0 spiro atoms. The van der Waals surface area contributed by atoms with Crippen LogP contribution in [0.5, 0.6) is 5.75 Å². The first-order chi connectivity index (χ1) is 12.6. The molecule has 2 atom stereocenters. The van der Waals surface area contributed by atoms with E-state index in [0.717, 1.165) is 24.2 Å². The Morgan fingerprint density at radius 1 is 1.31 bits per heavy atom. The number of hydrogen-bond donors (Lipinski definition) is 1. The fourth-order valence-electron chi connectivity index (χ4n) is 3.96. The normalized spacial score (nSPS) is 22.5. The van der Waals surface area contributed by atoms with Gasteiger partial charge in [-0.05, 0) is 41.2 Å². The fraction of sp³-hybridized carbons (Fsp3) is 0.318. The van der Waals surface area contributed by atoms with Gasteiger partial charge in [0.05, 0.1) is 6.61 Å². The molecule has 134 valence electrons. The summed E-state index contributed by atoms with van der Waals surface area (Å²) >= 11 is 0. The molecular weight excluding hydrogens is 328 g/mol. The molecule has 0 bridgehead atoms. The van der Waals surface area contributed by atoms with Crippen molar-refractivity contribution in [1.29, 1.82) is 0 Å². The van der Waals surface area contributed by atoms with Gasteiger partial charge in [0.15, 0.2) is 0 Å². The Hall–Kier alpha value is -2.59. The second-order valence-electron chi connectivity index (χ2n) is 7.05. The lowest BCUT2D eigenvalue weighted by molar-refractivity contribution is -0.142. The third kappa shape index (κ3) is 3.37. The lowest BCUT2D eigenvalue weighted by Crippen LogP contribution is -2.22. The first-order valence-electron chi connectivity index (χ1n) is 8.96. The molecule has 4 heteroatoms. The molecule has 4 nitrogen and oxygen atoms in total. The third-order valence-corrected chi connectivity index (χ3v) is 5.03. The van der Waals surface area contributed by atoms with Crippen LogP contribution in [0.3, 0.4) is 0 Å². The van der Waals surface area contributed by atoms with Gasteiger partial charge in [0.25, 0.3) is 0 Å². The highest BCUT2D eigenvalue weighted by Gasteiger charge is 2.26. The zero-order valence-electron chi connectivity index (χ0n) is 14.8. The van der Waals surface area contributed by atoms with Crippen LogP contribution in [0.2, 0.25) is 0 Å². The average molecular weight is 350 g/mol. The number of carboxylic acid groups (broad SMARTS) is 1. The summed E-state index contributed by atoms with van der Waals surface area (Å²) in [6.07, 6.45) is 14.7. The van der Waals surface area contributed by atoms with Crippen LogP contribution in [0.15, 0.2) is 59.7 Å². The van der Waals surface area contributed by atoms with Crippen LogP contribution in [0.4, 0.5) is 0 Å². The van der Waals surface area contributed by atoms with Gasteiger partial charge in [-0.15, -0.1) is 0 Å². The van der Waals surface area contributed by atoms with E-state index in [-0.39, 0.29) is 12.7 Å².